The van der Waals surface area contributed by atoms with Gasteiger partial charge in [0.05, 0.1) is 19.1 Å². The summed E-state index contributed by atoms with van der Waals surface area (Å²) in [6, 6.07) is 0.164. The van der Waals surface area contributed by atoms with Crippen LogP contribution in [0.4, 0.5) is 0 Å². The number of rotatable bonds is 3. The van der Waals surface area contributed by atoms with Crippen LogP contribution < -0.4 is 11.1 Å². The molecule has 1 aliphatic carbocycles. The van der Waals surface area contributed by atoms with E-state index in [1.54, 1.807) is 0 Å². The lowest BCUT2D eigenvalue weighted by Gasteiger charge is -2.32. The molecule has 1 saturated carbocycles. The van der Waals surface area contributed by atoms with E-state index in [0.717, 1.165) is 0 Å². The average molecular weight is 212 g/mol. The number of amides is 1. The first kappa shape index (κ1) is 10.9. The number of carbonyl (C=O) groups is 1. The Kier molecular flexibility index (Phi) is 3.26. The zero-order valence-corrected chi connectivity index (χ0v) is 9.24. The molecule has 86 valence electrons. The quantitative estimate of drug-likeness (QED) is 0.705. The zero-order chi connectivity index (χ0) is 10.8. The average Bonchev–Trinajstić information content (AvgIpc) is 2.47. The van der Waals surface area contributed by atoms with Crippen molar-refractivity contribution in [2.75, 3.05) is 13.2 Å². The molecule has 0 radical (unpaired) electrons. The van der Waals surface area contributed by atoms with Crippen LogP contribution in [-0.4, -0.2) is 31.2 Å². The molecule has 0 spiro atoms. The molecule has 0 aromatic carbocycles. The Morgan fingerprint density at radius 1 is 1.47 bits per heavy atom. The molecule has 0 aromatic heterocycles. The second-order valence-electron chi connectivity index (χ2n) is 4.80. The minimum absolute atomic E-state index is 0.0689. The first-order valence-corrected chi connectivity index (χ1v) is 5.82. The fourth-order valence-corrected chi connectivity index (χ4v) is 2.23. The Hall–Kier alpha value is -0.610. The standard InChI is InChI=1S/C11H20N2O2/c1-7(8-3-2-4-8)13-11(14)9-5-15-6-10(9)12/h7-10H,2-6,12H2,1H3,(H,13,14). The summed E-state index contributed by atoms with van der Waals surface area (Å²) >= 11 is 0. The lowest BCUT2D eigenvalue weighted by Crippen LogP contribution is -2.47. The first-order valence-electron chi connectivity index (χ1n) is 5.82. The van der Waals surface area contributed by atoms with Gasteiger partial charge < -0.3 is 15.8 Å². The van der Waals surface area contributed by atoms with Crippen LogP contribution in [0.25, 0.3) is 0 Å². The van der Waals surface area contributed by atoms with Crippen molar-refractivity contribution in [2.24, 2.45) is 17.6 Å². The van der Waals surface area contributed by atoms with Gasteiger partial charge in [0.1, 0.15) is 0 Å². The lowest BCUT2D eigenvalue weighted by atomic mass is 9.80. The van der Waals surface area contributed by atoms with E-state index in [-0.39, 0.29) is 17.9 Å². The highest BCUT2D eigenvalue weighted by Gasteiger charge is 2.33. The summed E-state index contributed by atoms with van der Waals surface area (Å²) in [6.45, 7) is 3.07. The van der Waals surface area contributed by atoms with Crippen LogP contribution in [0.15, 0.2) is 0 Å². The molecule has 3 atom stereocenters. The van der Waals surface area contributed by atoms with E-state index >= 15 is 0 Å². The molecule has 1 saturated heterocycles. The topological polar surface area (TPSA) is 64.3 Å². The number of carbonyl (C=O) groups excluding carboxylic acids is 1. The van der Waals surface area contributed by atoms with Crippen molar-refractivity contribution in [3.63, 3.8) is 0 Å². The van der Waals surface area contributed by atoms with Gasteiger partial charge in [-0.2, -0.15) is 0 Å². The maximum atomic E-state index is 11.8. The van der Waals surface area contributed by atoms with Crippen molar-refractivity contribution in [1.29, 1.82) is 0 Å². The molecule has 3 N–H and O–H groups in total. The van der Waals surface area contributed by atoms with E-state index in [9.17, 15) is 4.79 Å². The maximum absolute atomic E-state index is 11.8. The highest BCUT2D eigenvalue weighted by atomic mass is 16.5. The van der Waals surface area contributed by atoms with Gasteiger partial charge in [-0.25, -0.2) is 0 Å². The van der Waals surface area contributed by atoms with Crippen molar-refractivity contribution in [2.45, 2.75) is 38.3 Å². The van der Waals surface area contributed by atoms with Gasteiger partial charge in [-0.3, -0.25) is 4.79 Å². The highest BCUT2D eigenvalue weighted by molar-refractivity contribution is 5.80. The maximum Gasteiger partial charge on any atom is 0.227 e. The predicted octanol–water partition coefficient (Wildman–Crippen LogP) is 0.265. The van der Waals surface area contributed by atoms with Crippen LogP contribution >= 0.6 is 0 Å². The Balaban J connectivity index is 1.80. The normalized spacial score (nSPS) is 33.5. The summed E-state index contributed by atoms with van der Waals surface area (Å²) in [5.74, 6) is 0.597. The number of nitrogens with one attached hydrogen (secondary N) is 1. The summed E-state index contributed by atoms with van der Waals surface area (Å²) < 4.78 is 5.19. The molecule has 0 aromatic rings. The van der Waals surface area contributed by atoms with E-state index in [1.165, 1.54) is 19.3 Å². The second-order valence-corrected chi connectivity index (χ2v) is 4.80. The van der Waals surface area contributed by atoms with Gasteiger partial charge in [0.15, 0.2) is 0 Å². The van der Waals surface area contributed by atoms with Crippen LogP contribution in [-0.2, 0) is 9.53 Å². The number of nitrogens with two attached hydrogens (primary N) is 1. The van der Waals surface area contributed by atoms with Crippen LogP contribution in [0.2, 0.25) is 0 Å². The predicted molar refractivity (Wildman–Crippen MR) is 57.2 cm³/mol. The number of hydrogen-bond donors (Lipinski definition) is 2. The van der Waals surface area contributed by atoms with Crippen LogP contribution in [0.3, 0.4) is 0 Å². The third kappa shape index (κ3) is 2.32. The van der Waals surface area contributed by atoms with Crippen LogP contribution in [0.1, 0.15) is 26.2 Å². The van der Waals surface area contributed by atoms with E-state index in [0.29, 0.717) is 25.2 Å². The fraction of sp³-hybridized carbons (Fsp3) is 0.909. The molecule has 2 aliphatic rings. The van der Waals surface area contributed by atoms with Gasteiger partial charge in [0, 0.05) is 12.1 Å². The third-order valence-corrected chi connectivity index (χ3v) is 3.69. The molecule has 1 amide bonds. The van der Waals surface area contributed by atoms with E-state index in [1.807, 2.05) is 0 Å². The molecule has 1 aliphatic heterocycles. The summed E-state index contributed by atoms with van der Waals surface area (Å²) in [7, 11) is 0. The van der Waals surface area contributed by atoms with Crippen molar-refractivity contribution < 1.29 is 9.53 Å². The summed E-state index contributed by atoms with van der Waals surface area (Å²) in [4.78, 5) is 11.8. The lowest BCUT2D eigenvalue weighted by molar-refractivity contribution is -0.126. The third-order valence-electron chi connectivity index (χ3n) is 3.69. The smallest absolute Gasteiger partial charge is 0.227 e. The number of hydrogen-bond acceptors (Lipinski definition) is 3. The van der Waals surface area contributed by atoms with Crippen molar-refractivity contribution in [3.8, 4) is 0 Å². The fourth-order valence-electron chi connectivity index (χ4n) is 2.23. The van der Waals surface area contributed by atoms with Crippen molar-refractivity contribution in [1.82, 2.24) is 5.32 Å². The van der Waals surface area contributed by atoms with E-state index in [4.69, 9.17) is 10.5 Å². The molecule has 4 heteroatoms. The van der Waals surface area contributed by atoms with Crippen LogP contribution in [0, 0.1) is 11.8 Å². The monoisotopic (exact) mass is 212 g/mol. The Morgan fingerprint density at radius 2 is 2.20 bits per heavy atom. The molecule has 0 bridgehead atoms. The van der Waals surface area contributed by atoms with Gasteiger partial charge in [-0.15, -0.1) is 0 Å². The van der Waals surface area contributed by atoms with Gasteiger partial charge in [0.25, 0.3) is 0 Å². The van der Waals surface area contributed by atoms with E-state index in [2.05, 4.69) is 12.2 Å². The van der Waals surface area contributed by atoms with Gasteiger partial charge in [0.2, 0.25) is 5.91 Å². The van der Waals surface area contributed by atoms with E-state index < -0.39 is 0 Å². The number of ether oxygens (including phenoxy) is 1. The minimum atomic E-state index is -0.146. The summed E-state index contributed by atoms with van der Waals surface area (Å²) in [6.07, 6.45) is 3.79. The molecular weight excluding hydrogens is 192 g/mol. The Labute approximate surface area is 90.5 Å². The largest absolute Gasteiger partial charge is 0.379 e. The summed E-state index contributed by atoms with van der Waals surface area (Å²) in [5.41, 5.74) is 5.79. The molecule has 1 heterocycles. The Morgan fingerprint density at radius 3 is 2.67 bits per heavy atom. The second kappa shape index (κ2) is 4.49. The molecule has 3 unspecified atom stereocenters. The van der Waals surface area contributed by atoms with Crippen LogP contribution in [0.5, 0.6) is 0 Å². The molecular formula is C11H20N2O2. The SMILES string of the molecule is CC(NC(=O)C1COCC1N)C1CCC1. The highest BCUT2D eigenvalue weighted by Crippen LogP contribution is 2.29. The zero-order valence-electron chi connectivity index (χ0n) is 9.24. The molecule has 2 rings (SSSR count). The van der Waals surface area contributed by atoms with Gasteiger partial charge >= 0.3 is 0 Å². The summed E-state index contributed by atoms with van der Waals surface area (Å²) in [5, 5.41) is 3.06. The molecule has 4 nitrogen and oxygen atoms in total. The minimum Gasteiger partial charge on any atom is -0.379 e. The van der Waals surface area contributed by atoms with Crippen molar-refractivity contribution in [3.05, 3.63) is 0 Å². The van der Waals surface area contributed by atoms with Gasteiger partial charge in [-0.1, -0.05) is 6.42 Å². The van der Waals surface area contributed by atoms with Crippen molar-refractivity contribution >= 4 is 5.91 Å². The molecule has 2 fully saturated rings. The Bertz CT molecular complexity index is 241. The van der Waals surface area contributed by atoms with Gasteiger partial charge in [-0.05, 0) is 25.7 Å². The molecule has 15 heavy (non-hydrogen) atoms. The first-order chi connectivity index (χ1) is 7.18.